The molecule has 3 rings (SSSR count). The number of pyridine rings is 1. The maximum atomic E-state index is 11.9. The molecular weight excluding hydrogens is 324 g/mol. The molecule has 24 heavy (non-hydrogen) atoms. The van der Waals surface area contributed by atoms with Crippen molar-refractivity contribution in [3.8, 4) is 16.9 Å². The summed E-state index contributed by atoms with van der Waals surface area (Å²) in [7, 11) is -1.72. The van der Waals surface area contributed by atoms with Crippen LogP contribution >= 0.6 is 0 Å². The van der Waals surface area contributed by atoms with E-state index in [0.717, 1.165) is 27.8 Å². The lowest BCUT2D eigenvalue weighted by atomic mass is 10.0. The molecule has 1 N–H and O–H groups in total. The summed E-state index contributed by atoms with van der Waals surface area (Å²) in [6.45, 7) is 1.60. The topological polar surface area (TPSA) is 68.3 Å². The summed E-state index contributed by atoms with van der Waals surface area (Å²) in [4.78, 5) is 4.31. The van der Waals surface area contributed by atoms with Crippen LogP contribution in [0.3, 0.4) is 0 Å². The van der Waals surface area contributed by atoms with Crippen molar-refractivity contribution in [1.82, 2.24) is 4.98 Å². The molecule has 0 aliphatic rings. The van der Waals surface area contributed by atoms with Crippen LogP contribution in [-0.4, -0.2) is 26.3 Å². The summed E-state index contributed by atoms with van der Waals surface area (Å²) in [5, 5.41) is 0.759. The number of hydrogen-bond acceptors (Lipinski definition) is 4. The molecule has 0 unspecified atom stereocenters. The van der Waals surface area contributed by atoms with Crippen LogP contribution < -0.4 is 9.46 Å². The molecule has 0 spiro atoms. The number of nitrogens with one attached hydrogen (secondary N) is 1. The van der Waals surface area contributed by atoms with E-state index in [9.17, 15) is 8.42 Å². The first kappa shape index (κ1) is 16.3. The molecule has 124 valence electrons. The first-order valence-electron chi connectivity index (χ1n) is 7.56. The van der Waals surface area contributed by atoms with Crippen LogP contribution in [0.4, 0.5) is 5.69 Å². The van der Waals surface area contributed by atoms with Gasteiger partial charge in [-0.05, 0) is 48.4 Å². The molecule has 0 bridgehead atoms. The fourth-order valence-electron chi connectivity index (χ4n) is 2.46. The van der Waals surface area contributed by atoms with Gasteiger partial charge in [0.2, 0.25) is 10.0 Å². The summed E-state index contributed by atoms with van der Waals surface area (Å²) in [6, 6.07) is 15.2. The lowest BCUT2D eigenvalue weighted by molar-refractivity contribution is 0.415. The average Bonchev–Trinajstić information content (AvgIpc) is 2.61. The molecule has 0 fully saturated rings. The number of methoxy groups -OCH3 is 1. The van der Waals surface area contributed by atoms with E-state index in [2.05, 4.69) is 9.71 Å². The first-order valence-corrected chi connectivity index (χ1v) is 9.21. The van der Waals surface area contributed by atoms with Crippen molar-refractivity contribution in [3.63, 3.8) is 0 Å². The summed E-state index contributed by atoms with van der Waals surface area (Å²) < 4.78 is 31.7. The highest BCUT2D eigenvalue weighted by Crippen LogP contribution is 2.30. The number of benzene rings is 2. The number of nitrogens with zero attached hydrogens (tertiary/aromatic N) is 1. The minimum atomic E-state index is -3.35. The molecule has 0 aliphatic heterocycles. The van der Waals surface area contributed by atoms with Gasteiger partial charge >= 0.3 is 0 Å². The maximum Gasteiger partial charge on any atom is 0.232 e. The van der Waals surface area contributed by atoms with Crippen LogP contribution in [0.1, 0.15) is 6.92 Å². The van der Waals surface area contributed by atoms with Gasteiger partial charge in [-0.1, -0.05) is 18.2 Å². The second kappa shape index (κ2) is 6.49. The summed E-state index contributed by atoms with van der Waals surface area (Å²) in [5.41, 5.74) is 3.22. The molecular formula is C18H18N2O3S. The molecule has 0 radical (unpaired) electrons. The number of anilines is 1. The van der Waals surface area contributed by atoms with Crippen molar-refractivity contribution < 1.29 is 13.2 Å². The Morgan fingerprint density at radius 3 is 2.62 bits per heavy atom. The number of sulfonamides is 1. The van der Waals surface area contributed by atoms with E-state index >= 15 is 0 Å². The van der Waals surface area contributed by atoms with Gasteiger partial charge in [-0.25, -0.2) is 8.42 Å². The van der Waals surface area contributed by atoms with E-state index in [1.807, 2.05) is 42.5 Å². The van der Waals surface area contributed by atoms with Crippen LogP contribution in [0.5, 0.6) is 5.75 Å². The van der Waals surface area contributed by atoms with Crippen molar-refractivity contribution in [1.29, 1.82) is 0 Å². The van der Waals surface area contributed by atoms with Gasteiger partial charge in [0.1, 0.15) is 5.75 Å². The number of aromatic nitrogens is 1. The maximum absolute atomic E-state index is 11.9. The number of hydrogen-bond donors (Lipinski definition) is 1. The molecule has 0 aliphatic carbocycles. The summed E-state index contributed by atoms with van der Waals surface area (Å²) in [5.74, 6) is 0.789. The van der Waals surface area contributed by atoms with Crippen molar-refractivity contribution >= 4 is 26.6 Å². The van der Waals surface area contributed by atoms with Crippen molar-refractivity contribution in [3.05, 3.63) is 54.7 Å². The molecule has 2 aromatic carbocycles. The Morgan fingerprint density at radius 1 is 1.08 bits per heavy atom. The molecule has 3 aromatic rings. The fourth-order valence-corrected chi connectivity index (χ4v) is 3.11. The average molecular weight is 342 g/mol. The summed E-state index contributed by atoms with van der Waals surface area (Å²) >= 11 is 0. The second-order valence-corrected chi connectivity index (χ2v) is 7.34. The first-order chi connectivity index (χ1) is 11.5. The lowest BCUT2D eigenvalue weighted by Crippen LogP contribution is -2.14. The highest BCUT2D eigenvalue weighted by Gasteiger charge is 2.11. The lowest BCUT2D eigenvalue weighted by Gasteiger charge is -2.11. The highest BCUT2D eigenvalue weighted by atomic mass is 32.2. The Morgan fingerprint density at radius 2 is 1.88 bits per heavy atom. The SMILES string of the molecule is CCS(=O)(=O)Nc1ccnc2ccc(-c3cccc(OC)c3)cc12. The van der Waals surface area contributed by atoms with Crippen LogP contribution in [0.15, 0.2) is 54.7 Å². The largest absolute Gasteiger partial charge is 0.497 e. The third-order valence-electron chi connectivity index (χ3n) is 3.79. The van der Waals surface area contributed by atoms with Gasteiger partial charge in [-0.15, -0.1) is 0 Å². The Kier molecular flexibility index (Phi) is 4.40. The molecule has 0 saturated heterocycles. The van der Waals surface area contributed by atoms with E-state index in [-0.39, 0.29) is 5.75 Å². The van der Waals surface area contributed by atoms with Gasteiger partial charge in [0.15, 0.2) is 0 Å². The molecule has 5 nitrogen and oxygen atoms in total. The van der Waals surface area contributed by atoms with E-state index in [4.69, 9.17) is 4.74 Å². The second-order valence-electron chi connectivity index (χ2n) is 5.33. The van der Waals surface area contributed by atoms with E-state index < -0.39 is 10.0 Å². The molecule has 1 heterocycles. The van der Waals surface area contributed by atoms with Crippen LogP contribution in [0, 0.1) is 0 Å². The zero-order chi connectivity index (χ0) is 17.2. The van der Waals surface area contributed by atoms with Gasteiger partial charge in [-0.2, -0.15) is 0 Å². The van der Waals surface area contributed by atoms with E-state index in [0.29, 0.717) is 5.69 Å². The molecule has 0 saturated carbocycles. The van der Waals surface area contributed by atoms with Gasteiger partial charge in [0.25, 0.3) is 0 Å². The number of rotatable bonds is 5. The Bertz CT molecular complexity index is 984. The highest BCUT2D eigenvalue weighted by molar-refractivity contribution is 7.92. The zero-order valence-corrected chi connectivity index (χ0v) is 14.3. The molecule has 1 aromatic heterocycles. The standard InChI is InChI=1S/C18H18N2O3S/c1-3-24(21,22)20-18-9-10-19-17-8-7-14(12-16(17)18)13-5-4-6-15(11-13)23-2/h4-12H,3H2,1-2H3,(H,19,20). The monoisotopic (exact) mass is 342 g/mol. The third-order valence-corrected chi connectivity index (χ3v) is 5.08. The van der Waals surface area contributed by atoms with Gasteiger partial charge in [0, 0.05) is 11.6 Å². The predicted octanol–water partition coefficient (Wildman–Crippen LogP) is 3.67. The minimum Gasteiger partial charge on any atom is -0.497 e. The van der Waals surface area contributed by atoms with Crippen molar-refractivity contribution in [2.75, 3.05) is 17.6 Å². The van der Waals surface area contributed by atoms with Gasteiger partial charge < -0.3 is 4.74 Å². The summed E-state index contributed by atoms with van der Waals surface area (Å²) in [6.07, 6.45) is 1.60. The van der Waals surface area contributed by atoms with Crippen molar-refractivity contribution in [2.24, 2.45) is 0 Å². The quantitative estimate of drug-likeness (QED) is 0.768. The third kappa shape index (κ3) is 3.33. The molecule has 0 atom stereocenters. The van der Waals surface area contributed by atoms with E-state index in [1.165, 1.54) is 0 Å². The predicted molar refractivity (Wildman–Crippen MR) is 96.8 cm³/mol. The normalized spacial score (nSPS) is 11.4. The van der Waals surface area contributed by atoms with Crippen LogP contribution in [-0.2, 0) is 10.0 Å². The van der Waals surface area contributed by atoms with Gasteiger partial charge in [-0.3, -0.25) is 9.71 Å². The van der Waals surface area contributed by atoms with Crippen LogP contribution in [0.2, 0.25) is 0 Å². The van der Waals surface area contributed by atoms with E-state index in [1.54, 1.807) is 26.3 Å². The van der Waals surface area contributed by atoms with Crippen molar-refractivity contribution in [2.45, 2.75) is 6.92 Å². The Balaban J connectivity index is 2.12. The fraction of sp³-hybridized carbons (Fsp3) is 0.167. The number of ether oxygens (including phenoxy) is 1. The molecule has 0 amide bonds. The zero-order valence-electron chi connectivity index (χ0n) is 13.5. The molecule has 6 heteroatoms. The van der Waals surface area contributed by atoms with Gasteiger partial charge in [0.05, 0.1) is 24.1 Å². The smallest absolute Gasteiger partial charge is 0.232 e. The Labute approximate surface area is 141 Å². The number of fused-ring (bicyclic) bond motifs is 1. The Hall–Kier alpha value is -2.60. The van der Waals surface area contributed by atoms with Crippen LogP contribution in [0.25, 0.3) is 22.0 Å². The minimum absolute atomic E-state index is 0.0202.